The van der Waals surface area contributed by atoms with Crippen molar-refractivity contribution in [2.24, 2.45) is 0 Å². The third kappa shape index (κ3) is 5.35. The summed E-state index contributed by atoms with van der Waals surface area (Å²) in [7, 11) is 0. The van der Waals surface area contributed by atoms with Gasteiger partial charge in [0, 0.05) is 0 Å². The summed E-state index contributed by atoms with van der Waals surface area (Å²) in [5.41, 5.74) is 4.75. The summed E-state index contributed by atoms with van der Waals surface area (Å²) in [6, 6.07) is 14.3. The number of rotatable bonds is 6. The van der Waals surface area contributed by atoms with E-state index >= 15 is 0 Å². The molecule has 27 heavy (non-hydrogen) atoms. The Kier molecular flexibility index (Phi) is 6.69. The fraction of sp³-hybridized carbons (Fsp3) is 0.458. The molecule has 2 aromatic carbocycles. The maximum Gasteiger partial charge on any atom is 0.261 e. The fourth-order valence-electron chi connectivity index (χ4n) is 2.99. The van der Waals surface area contributed by atoms with Crippen LogP contribution in [0.15, 0.2) is 42.5 Å². The van der Waals surface area contributed by atoms with Crippen LogP contribution in [0.4, 0.5) is 0 Å². The summed E-state index contributed by atoms with van der Waals surface area (Å²) in [6.07, 6.45) is 0.122. The Bertz CT molecular complexity index is 772. The first-order chi connectivity index (χ1) is 12.6. The molecular formula is C24H33NO2. The van der Waals surface area contributed by atoms with Crippen molar-refractivity contribution in [3.05, 3.63) is 64.7 Å². The van der Waals surface area contributed by atoms with Crippen molar-refractivity contribution in [1.82, 2.24) is 5.32 Å². The molecule has 0 heterocycles. The Labute approximate surface area is 164 Å². The molecule has 0 spiro atoms. The lowest BCUT2D eigenvalue weighted by Crippen LogP contribution is -2.39. The van der Waals surface area contributed by atoms with E-state index in [1.165, 1.54) is 5.56 Å². The van der Waals surface area contributed by atoms with Gasteiger partial charge in [-0.3, -0.25) is 4.79 Å². The average Bonchev–Trinajstić information content (AvgIpc) is 2.62. The summed E-state index contributed by atoms with van der Waals surface area (Å²) < 4.78 is 6.03. The molecule has 2 aromatic rings. The average molecular weight is 368 g/mol. The highest BCUT2D eigenvalue weighted by Gasteiger charge is 2.22. The van der Waals surface area contributed by atoms with E-state index in [1.54, 1.807) is 0 Å². The second-order valence-corrected chi connectivity index (χ2v) is 8.32. The number of hydrogen-bond donors (Lipinski definition) is 1. The molecule has 0 aromatic heterocycles. The van der Waals surface area contributed by atoms with Gasteiger partial charge in [0.25, 0.3) is 5.91 Å². The molecule has 0 fully saturated rings. The second kappa shape index (κ2) is 8.60. The van der Waals surface area contributed by atoms with Gasteiger partial charge >= 0.3 is 0 Å². The van der Waals surface area contributed by atoms with Crippen molar-refractivity contribution in [3.8, 4) is 5.75 Å². The molecule has 1 amide bonds. The summed E-state index contributed by atoms with van der Waals surface area (Å²) in [5.74, 6) is 0.699. The van der Waals surface area contributed by atoms with E-state index in [0.29, 0.717) is 6.42 Å². The molecule has 0 saturated carbocycles. The van der Waals surface area contributed by atoms with E-state index in [0.717, 1.165) is 22.4 Å². The van der Waals surface area contributed by atoms with Crippen LogP contribution in [0.25, 0.3) is 0 Å². The van der Waals surface area contributed by atoms with Crippen molar-refractivity contribution >= 4 is 5.91 Å². The number of ether oxygens (including phenoxy) is 1. The van der Waals surface area contributed by atoms with Crippen LogP contribution in [0.5, 0.6) is 5.75 Å². The first-order valence-corrected chi connectivity index (χ1v) is 9.77. The standard InChI is InChI=1S/C24H33NO2/c1-8-21(27-22-11-9-10-16(2)17(22)3)23(26)25-18(4)19-12-14-20(15-13-19)24(5,6)7/h9-15,18,21H,8H2,1-7H3,(H,25,26)/t18-,21+/m1/s1. The van der Waals surface area contributed by atoms with Crippen LogP contribution >= 0.6 is 0 Å². The van der Waals surface area contributed by atoms with Crippen LogP contribution in [-0.4, -0.2) is 12.0 Å². The quantitative estimate of drug-likeness (QED) is 0.718. The van der Waals surface area contributed by atoms with E-state index in [1.807, 2.05) is 45.9 Å². The number of benzene rings is 2. The molecule has 146 valence electrons. The molecule has 3 nitrogen and oxygen atoms in total. The van der Waals surface area contributed by atoms with Crippen LogP contribution in [0, 0.1) is 13.8 Å². The molecule has 0 aliphatic carbocycles. The van der Waals surface area contributed by atoms with Crippen molar-refractivity contribution in [2.45, 2.75) is 72.4 Å². The molecule has 2 rings (SSSR count). The van der Waals surface area contributed by atoms with Gasteiger partial charge in [0.05, 0.1) is 6.04 Å². The van der Waals surface area contributed by atoms with Crippen LogP contribution in [0.1, 0.15) is 69.3 Å². The monoisotopic (exact) mass is 367 g/mol. The Balaban J connectivity index is 2.06. The molecular weight excluding hydrogens is 334 g/mol. The smallest absolute Gasteiger partial charge is 0.261 e. The summed E-state index contributed by atoms with van der Waals surface area (Å²) in [6.45, 7) is 14.6. The predicted octanol–water partition coefficient (Wildman–Crippen LogP) is 5.64. The zero-order valence-corrected chi connectivity index (χ0v) is 17.7. The third-order valence-corrected chi connectivity index (χ3v) is 5.12. The van der Waals surface area contributed by atoms with Crippen molar-refractivity contribution < 1.29 is 9.53 Å². The van der Waals surface area contributed by atoms with E-state index < -0.39 is 6.10 Å². The van der Waals surface area contributed by atoms with E-state index in [2.05, 4.69) is 50.4 Å². The van der Waals surface area contributed by atoms with Crippen molar-refractivity contribution in [1.29, 1.82) is 0 Å². The van der Waals surface area contributed by atoms with Crippen LogP contribution in [0.3, 0.4) is 0 Å². The minimum Gasteiger partial charge on any atom is -0.480 e. The number of amides is 1. The van der Waals surface area contributed by atoms with Gasteiger partial charge in [-0.1, -0.05) is 64.1 Å². The topological polar surface area (TPSA) is 38.3 Å². The molecule has 3 heteroatoms. The number of hydrogen-bond acceptors (Lipinski definition) is 2. The van der Waals surface area contributed by atoms with E-state index in [4.69, 9.17) is 4.74 Å². The molecule has 2 atom stereocenters. The lowest BCUT2D eigenvalue weighted by molar-refractivity contribution is -0.128. The minimum atomic E-state index is -0.498. The predicted molar refractivity (Wildman–Crippen MR) is 112 cm³/mol. The van der Waals surface area contributed by atoms with Crippen LogP contribution in [0.2, 0.25) is 0 Å². The van der Waals surface area contributed by atoms with Crippen LogP contribution < -0.4 is 10.1 Å². The van der Waals surface area contributed by atoms with E-state index in [-0.39, 0.29) is 17.4 Å². The molecule has 1 N–H and O–H groups in total. The van der Waals surface area contributed by atoms with Crippen molar-refractivity contribution in [2.75, 3.05) is 0 Å². The first kappa shape index (κ1) is 21.0. The Morgan fingerprint density at radius 1 is 1.07 bits per heavy atom. The molecule has 0 aliphatic rings. The van der Waals surface area contributed by atoms with Gasteiger partial charge in [0.2, 0.25) is 0 Å². The van der Waals surface area contributed by atoms with Gasteiger partial charge in [0.15, 0.2) is 6.10 Å². The fourth-order valence-corrected chi connectivity index (χ4v) is 2.99. The van der Waals surface area contributed by atoms with Gasteiger partial charge < -0.3 is 10.1 Å². The van der Waals surface area contributed by atoms with Gasteiger partial charge in [-0.2, -0.15) is 0 Å². The molecule has 0 aliphatic heterocycles. The lowest BCUT2D eigenvalue weighted by Gasteiger charge is -2.23. The first-order valence-electron chi connectivity index (χ1n) is 9.77. The van der Waals surface area contributed by atoms with Gasteiger partial charge in [-0.25, -0.2) is 0 Å². The normalized spacial score (nSPS) is 13.7. The number of carbonyl (C=O) groups is 1. The maximum absolute atomic E-state index is 12.7. The largest absolute Gasteiger partial charge is 0.480 e. The summed E-state index contributed by atoms with van der Waals surface area (Å²) >= 11 is 0. The third-order valence-electron chi connectivity index (χ3n) is 5.12. The SMILES string of the molecule is CC[C@H](Oc1cccc(C)c1C)C(=O)N[C@H](C)c1ccc(C(C)(C)C)cc1. The second-order valence-electron chi connectivity index (χ2n) is 8.32. The highest BCUT2D eigenvalue weighted by Crippen LogP contribution is 2.25. The Morgan fingerprint density at radius 3 is 2.26 bits per heavy atom. The summed E-state index contributed by atoms with van der Waals surface area (Å²) in [5, 5.41) is 3.10. The summed E-state index contributed by atoms with van der Waals surface area (Å²) in [4.78, 5) is 12.7. The number of nitrogens with one attached hydrogen (secondary N) is 1. The number of carbonyl (C=O) groups excluding carboxylic acids is 1. The molecule has 0 unspecified atom stereocenters. The Hall–Kier alpha value is -2.29. The highest BCUT2D eigenvalue weighted by molar-refractivity contribution is 5.81. The Morgan fingerprint density at radius 2 is 1.70 bits per heavy atom. The zero-order chi connectivity index (χ0) is 20.2. The minimum absolute atomic E-state index is 0.0669. The molecule has 0 radical (unpaired) electrons. The van der Waals surface area contributed by atoms with Crippen LogP contribution in [-0.2, 0) is 10.2 Å². The molecule has 0 saturated heterocycles. The number of aryl methyl sites for hydroxylation is 1. The van der Waals surface area contributed by atoms with Gasteiger partial charge in [-0.05, 0) is 60.9 Å². The highest BCUT2D eigenvalue weighted by atomic mass is 16.5. The lowest BCUT2D eigenvalue weighted by atomic mass is 9.86. The van der Waals surface area contributed by atoms with E-state index in [9.17, 15) is 4.79 Å². The maximum atomic E-state index is 12.7. The zero-order valence-electron chi connectivity index (χ0n) is 17.7. The molecule has 0 bridgehead atoms. The van der Waals surface area contributed by atoms with Gasteiger partial charge in [0.1, 0.15) is 5.75 Å². The van der Waals surface area contributed by atoms with Gasteiger partial charge in [-0.15, -0.1) is 0 Å². The van der Waals surface area contributed by atoms with Crippen molar-refractivity contribution in [3.63, 3.8) is 0 Å².